The second-order valence-corrected chi connectivity index (χ2v) is 4.26. The first-order chi connectivity index (χ1) is 4.49. The molecule has 1 fully saturated rings. The Hall–Kier alpha value is -0.300. The predicted octanol–water partition coefficient (Wildman–Crippen LogP) is 2.11. The van der Waals surface area contributed by atoms with Gasteiger partial charge in [-0.3, -0.25) is 0 Å². The summed E-state index contributed by atoms with van der Waals surface area (Å²) in [5.41, 5.74) is 1.60. The summed E-state index contributed by atoms with van der Waals surface area (Å²) in [4.78, 5) is 0. The van der Waals surface area contributed by atoms with Crippen LogP contribution in [0.3, 0.4) is 0 Å². The van der Waals surface area contributed by atoms with Crippen molar-refractivity contribution < 1.29 is 5.11 Å². The fourth-order valence-electron chi connectivity index (χ4n) is 0.821. The summed E-state index contributed by atoms with van der Waals surface area (Å²) in [6.45, 7) is 6.62. The van der Waals surface area contributed by atoms with Crippen molar-refractivity contribution in [3.05, 3.63) is 11.6 Å². The van der Waals surface area contributed by atoms with Crippen molar-refractivity contribution in [1.82, 2.24) is 0 Å². The molecule has 0 saturated heterocycles. The smallest absolute Gasteiger partial charge is 0.0789 e. The summed E-state index contributed by atoms with van der Waals surface area (Å²) in [7, 11) is 0. The minimum Gasteiger partial charge on any atom is -0.388 e. The van der Waals surface area contributed by atoms with Gasteiger partial charge in [0.05, 0.1) is 6.10 Å². The van der Waals surface area contributed by atoms with Crippen LogP contribution in [0.15, 0.2) is 11.6 Å². The molecule has 1 N–H and O–H groups in total. The van der Waals surface area contributed by atoms with Crippen LogP contribution < -0.4 is 0 Å². The lowest BCUT2D eigenvalue weighted by molar-refractivity contribution is 0.290. The van der Waals surface area contributed by atoms with Gasteiger partial charge in [-0.05, 0) is 17.4 Å². The number of hydrogen-bond donors (Lipinski definition) is 1. The average Bonchev–Trinajstić information content (AvgIpc) is 2.40. The molecule has 0 unspecified atom stereocenters. The first-order valence-corrected chi connectivity index (χ1v) is 3.86. The van der Waals surface area contributed by atoms with Crippen molar-refractivity contribution in [1.29, 1.82) is 0 Å². The lowest BCUT2D eigenvalue weighted by Crippen LogP contribution is -2.01. The zero-order valence-corrected chi connectivity index (χ0v) is 7.02. The number of allylic oxidation sites excluding steroid dienone is 1. The van der Waals surface area contributed by atoms with Gasteiger partial charge in [-0.25, -0.2) is 0 Å². The molecule has 1 saturated carbocycles. The van der Waals surface area contributed by atoms with Gasteiger partial charge in [0.25, 0.3) is 0 Å². The van der Waals surface area contributed by atoms with Crippen molar-refractivity contribution in [2.75, 3.05) is 0 Å². The largest absolute Gasteiger partial charge is 0.388 e. The highest BCUT2D eigenvalue weighted by Crippen LogP contribution is 2.31. The molecule has 10 heavy (non-hydrogen) atoms. The van der Waals surface area contributed by atoms with E-state index in [1.165, 1.54) is 5.57 Å². The third-order valence-corrected chi connectivity index (χ3v) is 1.67. The minimum atomic E-state index is -0.0950. The molecule has 0 bridgehead atoms. The normalized spacial score (nSPS) is 29.2. The number of hydrogen-bond acceptors (Lipinski definition) is 1. The predicted molar refractivity (Wildman–Crippen MR) is 42.8 cm³/mol. The third kappa shape index (κ3) is 2.53. The molecule has 58 valence electrons. The summed E-state index contributed by atoms with van der Waals surface area (Å²) < 4.78 is 0. The van der Waals surface area contributed by atoms with Crippen molar-refractivity contribution in [3.8, 4) is 0 Å². The van der Waals surface area contributed by atoms with Gasteiger partial charge >= 0.3 is 0 Å². The highest BCUT2D eigenvalue weighted by Gasteiger charge is 2.26. The quantitative estimate of drug-likeness (QED) is 0.553. The van der Waals surface area contributed by atoms with E-state index in [0.717, 1.165) is 12.8 Å². The van der Waals surface area contributed by atoms with Crippen LogP contribution in [0.2, 0.25) is 0 Å². The van der Waals surface area contributed by atoms with E-state index in [9.17, 15) is 0 Å². The summed E-state index contributed by atoms with van der Waals surface area (Å²) in [6, 6.07) is 0. The Labute approximate surface area is 62.8 Å². The van der Waals surface area contributed by atoms with E-state index < -0.39 is 0 Å². The van der Waals surface area contributed by atoms with Gasteiger partial charge in [-0.15, -0.1) is 0 Å². The molecule has 1 rings (SSSR count). The molecule has 1 heteroatoms. The maximum atomic E-state index is 8.95. The molecule has 1 aliphatic rings. The number of aliphatic hydroxyl groups is 1. The van der Waals surface area contributed by atoms with Crippen molar-refractivity contribution in [2.45, 2.75) is 39.7 Å². The lowest BCUT2D eigenvalue weighted by Gasteiger charge is -2.14. The molecular formula is C9H16O. The van der Waals surface area contributed by atoms with Gasteiger partial charge in [0.15, 0.2) is 0 Å². The maximum Gasteiger partial charge on any atom is 0.0789 e. The summed E-state index contributed by atoms with van der Waals surface area (Å²) in [6.07, 6.45) is 4.07. The fraction of sp³-hybridized carbons (Fsp3) is 0.778. The highest BCUT2D eigenvalue weighted by atomic mass is 16.3. The Morgan fingerprint density at radius 3 is 2.40 bits per heavy atom. The zero-order valence-electron chi connectivity index (χ0n) is 7.02. The zero-order chi connectivity index (χ0) is 7.78. The van der Waals surface area contributed by atoms with Gasteiger partial charge in [0.2, 0.25) is 0 Å². The second-order valence-electron chi connectivity index (χ2n) is 4.26. The Balaban J connectivity index is 2.29. The topological polar surface area (TPSA) is 20.2 Å². The molecule has 0 aliphatic heterocycles. The van der Waals surface area contributed by atoms with Crippen molar-refractivity contribution in [3.63, 3.8) is 0 Å². The van der Waals surface area contributed by atoms with E-state index in [1.807, 2.05) is 0 Å². The van der Waals surface area contributed by atoms with Gasteiger partial charge in [0, 0.05) is 6.42 Å². The van der Waals surface area contributed by atoms with Crippen LogP contribution in [0.4, 0.5) is 0 Å². The van der Waals surface area contributed by atoms with E-state index in [1.54, 1.807) is 0 Å². The van der Waals surface area contributed by atoms with Crippen LogP contribution in [0.1, 0.15) is 33.6 Å². The molecule has 0 amide bonds. The van der Waals surface area contributed by atoms with Gasteiger partial charge < -0.3 is 5.11 Å². The van der Waals surface area contributed by atoms with E-state index >= 15 is 0 Å². The summed E-state index contributed by atoms with van der Waals surface area (Å²) in [5, 5.41) is 8.95. The van der Waals surface area contributed by atoms with Gasteiger partial charge in [-0.2, -0.15) is 0 Å². The van der Waals surface area contributed by atoms with E-state index in [0.29, 0.717) is 5.41 Å². The van der Waals surface area contributed by atoms with Crippen LogP contribution in [-0.2, 0) is 0 Å². The third-order valence-electron chi connectivity index (χ3n) is 1.67. The summed E-state index contributed by atoms with van der Waals surface area (Å²) in [5.74, 6) is 0. The first-order valence-electron chi connectivity index (χ1n) is 3.86. The number of rotatable bonds is 1. The van der Waals surface area contributed by atoms with Crippen molar-refractivity contribution in [2.24, 2.45) is 5.41 Å². The standard InChI is InChI=1S/C9H16O/c1-9(2,3)5-4-7-6-8(7)10/h4,8,10H,5-6H2,1-3H3/t8-/m0/s1. The van der Waals surface area contributed by atoms with Crippen LogP contribution >= 0.6 is 0 Å². The molecule has 1 aliphatic carbocycles. The molecule has 0 spiro atoms. The van der Waals surface area contributed by atoms with Crippen LogP contribution in [0.25, 0.3) is 0 Å². The van der Waals surface area contributed by atoms with Crippen LogP contribution in [0.5, 0.6) is 0 Å². The minimum absolute atomic E-state index is 0.0950. The highest BCUT2D eigenvalue weighted by molar-refractivity contribution is 5.25. The fourth-order valence-corrected chi connectivity index (χ4v) is 0.821. The maximum absolute atomic E-state index is 8.95. The van der Waals surface area contributed by atoms with Gasteiger partial charge in [0.1, 0.15) is 0 Å². The first kappa shape index (κ1) is 7.80. The molecule has 1 atom stereocenters. The lowest BCUT2D eigenvalue weighted by atomic mass is 9.92. The van der Waals surface area contributed by atoms with Gasteiger partial charge in [-0.1, -0.05) is 26.8 Å². The van der Waals surface area contributed by atoms with E-state index in [2.05, 4.69) is 26.8 Å². The Bertz CT molecular complexity index is 151. The molecule has 0 aromatic carbocycles. The van der Waals surface area contributed by atoms with E-state index in [-0.39, 0.29) is 6.10 Å². The SMILES string of the molecule is CC(C)(C)CC=C1C[C@@H]1O. The molecule has 1 nitrogen and oxygen atoms in total. The molecule has 0 radical (unpaired) electrons. The Kier molecular flexibility index (Phi) is 1.86. The molecule has 0 aromatic heterocycles. The second kappa shape index (κ2) is 2.39. The Morgan fingerprint density at radius 2 is 2.10 bits per heavy atom. The van der Waals surface area contributed by atoms with Crippen LogP contribution in [-0.4, -0.2) is 11.2 Å². The van der Waals surface area contributed by atoms with Crippen molar-refractivity contribution >= 4 is 0 Å². The number of aliphatic hydroxyl groups excluding tert-OH is 1. The summed E-state index contributed by atoms with van der Waals surface area (Å²) >= 11 is 0. The van der Waals surface area contributed by atoms with Crippen LogP contribution in [0, 0.1) is 5.41 Å². The monoisotopic (exact) mass is 140 g/mol. The Morgan fingerprint density at radius 1 is 1.60 bits per heavy atom. The molecule has 0 heterocycles. The average molecular weight is 140 g/mol. The molecule has 0 aromatic rings. The van der Waals surface area contributed by atoms with E-state index in [4.69, 9.17) is 5.11 Å². The molecular weight excluding hydrogens is 124 g/mol.